The molecule has 2 heterocycles. The number of nitriles is 1. The van der Waals surface area contributed by atoms with E-state index in [0.29, 0.717) is 11.1 Å². The number of unbranched alkanes of at least 4 members (excludes halogenated alkanes) is 6. The van der Waals surface area contributed by atoms with E-state index in [1.165, 1.54) is 0 Å². The summed E-state index contributed by atoms with van der Waals surface area (Å²) in [6.07, 6.45) is 18.0. The van der Waals surface area contributed by atoms with Gasteiger partial charge in [-0.15, -0.1) is 0 Å². The maximum atomic E-state index is 11.8. The molecule has 2 aliphatic heterocycles. The van der Waals surface area contributed by atoms with E-state index in [-0.39, 0.29) is 31.7 Å². The van der Waals surface area contributed by atoms with Crippen LogP contribution in [0.2, 0.25) is 0 Å². The number of carbonyl (C=O) groups is 3. The number of hydrogen-bond donors (Lipinski definition) is 3. The molecule has 0 radical (unpaired) electrons. The van der Waals surface area contributed by atoms with Gasteiger partial charge in [0.1, 0.15) is 18.5 Å². The molecule has 2 aromatic rings. The first-order valence-corrected chi connectivity index (χ1v) is 18.7. The molecular formula is C43H54N3O6+. The van der Waals surface area contributed by atoms with Crippen molar-refractivity contribution in [3.05, 3.63) is 88.7 Å². The lowest BCUT2D eigenvalue weighted by Crippen LogP contribution is -2.32. The van der Waals surface area contributed by atoms with Gasteiger partial charge in [0.2, 0.25) is 5.69 Å². The second-order valence-electron chi connectivity index (χ2n) is 14.5. The number of phenolic OH excluding ortho intramolecular Hbond substituents is 1. The highest BCUT2D eigenvalue weighted by Gasteiger charge is 2.47. The van der Waals surface area contributed by atoms with Crippen LogP contribution >= 0.6 is 0 Å². The zero-order chi connectivity index (χ0) is 37.9. The predicted molar refractivity (Wildman–Crippen MR) is 205 cm³/mol. The van der Waals surface area contributed by atoms with Gasteiger partial charge in [-0.3, -0.25) is 14.4 Å². The molecule has 3 N–H and O–H groups in total. The summed E-state index contributed by atoms with van der Waals surface area (Å²) in [5, 5.41) is 40.2. The molecular weight excluding hydrogens is 654 g/mol. The molecule has 0 saturated heterocycles. The molecule has 0 aliphatic carbocycles. The van der Waals surface area contributed by atoms with Gasteiger partial charge in [0.25, 0.3) is 0 Å². The van der Waals surface area contributed by atoms with Crippen LogP contribution in [-0.4, -0.2) is 56.9 Å². The van der Waals surface area contributed by atoms with Crippen molar-refractivity contribution in [2.45, 2.75) is 116 Å². The van der Waals surface area contributed by atoms with Gasteiger partial charge < -0.3 is 20.2 Å². The van der Waals surface area contributed by atoms with Gasteiger partial charge in [-0.25, -0.2) is 0 Å². The largest absolute Gasteiger partial charge is 0.508 e. The molecule has 0 saturated carbocycles. The fourth-order valence-corrected chi connectivity index (χ4v) is 7.89. The number of aromatic hydroxyl groups is 1. The van der Waals surface area contributed by atoms with E-state index in [9.17, 15) is 35.0 Å². The van der Waals surface area contributed by atoms with Gasteiger partial charge in [0, 0.05) is 46.6 Å². The smallest absolute Gasteiger partial charge is 0.309 e. The van der Waals surface area contributed by atoms with Crippen molar-refractivity contribution in [2.24, 2.45) is 0 Å². The highest BCUT2D eigenvalue weighted by atomic mass is 16.4. The zero-order valence-corrected chi connectivity index (χ0v) is 31.2. The first kappa shape index (κ1) is 39.8. The average Bonchev–Trinajstić information content (AvgIpc) is 3.49. The maximum Gasteiger partial charge on any atom is 0.309 e. The lowest BCUT2D eigenvalue weighted by Gasteiger charge is -2.30. The summed E-state index contributed by atoms with van der Waals surface area (Å²) < 4.78 is 2.02. The molecule has 0 aromatic heterocycles. The van der Waals surface area contributed by atoms with Crippen molar-refractivity contribution >= 4 is 35.3 Å². The van der Waals surface area contributed by atoms with Gasteiger partial charge in [0.05, 0.1) is 23.5 Å². The minimum Gasteiger partial charge on any atom is -0.508 e. The molecule has 276 valence electrons. The van der Waals surface area contributed by atoms with Gasteiger partial charge in [-0.1, -0.05) is 65.2 Å². The van der Waals surface area contributed by atoms with Crippen molar-refractivity contribution in [3.8, 4) is 11.8 Å². The number of carbonyl (C=O) groups excluding carboxylic acids is 1. The number of benzene rings is 2. The summed E-state index contributed by atoms with van der Waals surface area (Å²) in [7, 11) is 0. The Morgan fingerprint density at radius 1 is 0.885 bits per heavy atom. The first-order valence-electron chi connectivity index (χ1n) is 18.7. The minimum absolute atomic E-state index is 0.0774. The molecule has 4 rings (SSSR count). The second-order valence-corrected chi connectivity index (χ2v) is 14.5. The Balaban J connectivity index is 1.82. The standard InChI is InChI=1S/C43H53N3O6/c1-5-7-9-11-23-42(3)34-27-32(30-47)13-17-36(34)45(25-21-40(49)50)38(42)19-14-31(29-44)15-20-39-43(4,24-12-10-8-6-2)35-28-33(48)16-18-37(35)46(39)26-22-41(51)52/h13-20,27-28,30H,5-12,21-26H2,1-4H3,(H2-,48,49,50,51,52)/p+1. The number of hydrogen-bond acceptors (Lipinski definition) is 6. The quantitative estimate of drug-likeness (QED) is 0.0407. The average molecular weight is 709 g/mol. The molecule has 2 unspecified atom stereocenters. The first-order chi connectivity index (χ1) is 24.9. The summed E-state index contributed by atoms with van der Waals surface area (Å²) >= 11 is 0. The number of allylic oxidation sites excluding steroid dienone is 6. The molecule has 0 spiro atoms. The number of aliphatic carboxylic acids is 2. The van der Waals surface area contributed by atoms with Gasteiger partial charge in [-0.2, -0.15) is 9.84 Å². The third kappa shape index (κ3) is 8.90. The van der Waals surface area contributed by atoms with Gasteiger partial charge >= 0.3 is 11.9 Å². The van der Waals surface area contributed by atoms with E-state index in [1.807, 2.05) is 39.8 Å². The molecule has 52 heavy (non-hydrogen) atoms. The van der Waals surface area contributed by atoms with Crippen LogP contribution in [-0.2, 0) is 20.4 Å². The Morgan fingerprint density at radius 2 is 1.56 bits per heavy atom. The van der Waals surface area contributed by atoms with Gasteiger partial charge in [0.15, 0.2) is 12.3 Å². The number of nitrogens with zero attached hydrogens (tertiary/aromatic N) is 3. The second kappa shape index (κ2) is 18.0. The fraction of sp³-hybridized carbons (Fsp3) is 0.465. The van der Waals surface area contributed by atoms with Crippen LogP contribution < -0.4 is 4.90 Å². The topological polar surface area (TPSA) is 142 Å². The molecule has 9 nitrogen and oxygen atoms in total. The summed E-state index contributed by atoms with van der Waals surface area (Å²) in [4.78, 5) is 37.3. The lowest BCUT2D eigenvalue weighted by molar-refractivity contribution is -0.436. The number of phenols is 1. The van der Waals surface area contributed by atoms with E-state index in [2.05, 4.69) is 33.8 Å². The highest BCUT2D eigenvalue weighted by Crippen LogP contribution is 2.52. The lowest BCUT2D eigenvalue weighted by atomic mass is 9.74. The Bertz CT molecular complexity index is 1810. The summed E-state index contributed by atoms with van der Waals surface area (Å²) in [5.74, 6) is -1.67. The summed E-state index contributed by atoms with van der Waals surface area (Å²) in [5.41, 5.74) is 5.28. The number of carboxylic acid groups (broad SMARTS) is 2. The van der Waals surface area contributed by atoms with Crippen LogP contribution in [0.15, 0.2) is 72.0 Å². The van der Waals surface area contributed by atoms with Crippen molar-refractivity contribution in [1.29, 1.82) is 5.26 Å². The van der Waals surface area contributed by atoms with Crippen molar-refractivity contribution < 1.29 is 34.3 Å². The van der Waals surface area contributed by atoms with Crippen molar-refractivity contribution in [3.63, 3.8) is 0 Å². The number of rotatable bonds is 20. The molecule has 0 bridgehead atoms. The minimum atomic E-state index is -0.911. The third-order valence-electron chi connectivity index (χ3n) is 10.7. The van der Waals surface area contributed by atoms with Crippen molar-refractivity contribution in [1.82, 2.24) is 0 Å². The molecule has 9 heteroatoms. The van der Waals surface area contributed by atoms with Crippen LogP contribution in [0.4, 0.5) is 11.4 Å². The number of carboxylic acids is 2. The van der Waals surface area contributed by atoms with E-state index < -0.39 is 22.8 Å². The summed E-state index contributed by atoms with van der Waals surface area (Å²) in [6.45, 7) is 9.07. The molecule has 2 aliphatic rings. The van der Waals surface area contributed by atoms with Gasteiger partial charge in [-0.05, 0) is 80.8 Å². The van der Waals surface area contributed by atoms with E-state index >= 15 is 0 Å². The van der Waals surface area contributed by atoms with Crippen LogP contribution in [0.5, 0.6) is 5.75 Å². The van der Waals surface area contributed by atoms with Crippen LogP contribution in [0.3, 0.4) is 0 Å². The fourth-order valence-electron chi connectivity index (χ4n) is 7.89. The molecule has 2 atom stereocenters. The molecule has 2 aromatic carbocycles. The Morgan fingerprint density at radius 3 is 2.17 bits per heavy atom. The maximum absolute atomic E-state index is 11.8. The molecule has 0 amide bonds. The Labute approximate surface area is 308 Å². The third-order valence-corrected chi connectivity index (χ3v) is 10.7. The number of fused-ring (bicyclic) bond motifs is 2. The SMILES string of the molecule is CCCCCCC1(C)C(/C=C/C(C#N)=C/C=C2/N(CCC(=O)O)c3ccc(O)cc3C2(C)CCCCCC)=[N+](CCC(=O)O)c2ccc(C=O)cc21. The number of aldehydes is 1. The normalized spacial score (nSPS) is 20.4. The van der Waals surface area contributed by atoms with E-state index in [4.69, 9.17) is 0 Å². The monoisotopic (exact) mass is 708 g/mol. The van der Waals surface area contributed by atoms with Crippen LogP contribution in [0, 0.1) is 11.3 Å². The Hall–Kier alpha value is -4.97. The van der Waals surface area contributed by atoms with Crippen LogP contribution in [0.25, 0.3) is 0 Å². The zero-order valence-electron chi connectivity index (χ0n) is 31.2. The van der Waals surface area contributed by atoms with Crippen LogP contribution in [0.1, 0.15) is 126 Å². The van der Waals surface area contributed by atoms with Crippen molar-refractivity contribution in [2.75, 3.05) is 18.0 Å². The number of anilines is 1. The van der Waals surface area contributed by atoms with E-state index in [0.717, 1.165) is 104 Å². The highest BCUT2D eigenvalue weighted by molar-refractivity contribution is 6.04. The molecule has 0 fully saturated rings. The van der Waals surface area contributed by atoms with E-state index in [1.54, 1.807) is 30.4 Å². The predicted octanol–water partition coefficient (Wildman–Crippen LogP) is 9.12. The Kier molecular flexibility index (Phi) is 13.8. The summed E-state index contributed by atoms with van der Waals surface area (Å²) in [6, 6.07) is 13.1.